The summed E-state index contributed by atoms with van der Waals surface area (Å²) in [6, 6.07) is 0. The van der Waals surface area contributed by atoms with Crippen LogP contribution in [0.15, 0.2) is 12.4 Å². The lowest BCUT2D eigenvalue weighted by Gasteiger charge is -2.27. The van der Waals surface area contributed by atoms with Crippen LogP contribution in [0.2, 0.25) is 0 Å². The Labute approximate surface area is 103 Å². The fraction of sp³-hybridized carbons (Fsp3) is 0.750. The molecule has 1 aliphatic rings. The van der Waals surface area contributed by atoms with Crippen LogP contribution in [-0.2, 0) is 17.8 Å². The van der Waals surface area contributed by atoms with E-state index >= 15 is 0 Å². The molecule has 1 aromatic rings. The van der Waals surface area contributed by atoms with Gasteiger partial charge in [0, 0.05) is 38.6 Å². The molecule has 1 fully saturated rings. The molecule has 0 amide bonds. The van der Waals surface area contributed by atoms with Crippen LogP contribution in [0.25, 0.3) is 0 Å². The molecule has 0 spiro atoms. The lowest BCUT2D eigenvalue weighted by atomic mass is 10.3. The molecule has 5 heteroatoms. The van der Waals surface area contributed by atoms with E-state index in [4.69, 9.17) is 4.74 Å². The molecule has 0 bridgehead atoms. The zero-order valence-electron chi connectivity index (χ0n) is 10.7. The molecule has 1 saturated heterocycles. The van der Waals surface area contributed by atoms with Crippen LogP contribution < -0.4 is 5.32 Å². The lowest BCUT2D eigenvalue weighted by molar-refractivity contribution is 0.00835. The number of nitrogens with one attached hydrogen (secondary N) is 1. The first-order chi connectivity index (χ1) is 8.29. The standard InChI is InChI=1S/C12H22N4O/c1-3-16-6-4-14-12(16)10-15(2)9-11-8-13-5-7-17-11/h4,6,11,13H,3,5,7-10H2,1-2H3. The van der Waals surface area contributed by atoms with Crippen molar-refractivity contribution >= 4 is 0 Å². The highest BCUT2D eigenvalue weighted by Gasteiger charge is 2.16. The summed E-state index contributed by atoms with van der Waals surface area (Å²) in [6.07, 6.45) is 4.20. The van der Waals surface area contributed by atoms with Crippen LogP contribution in [0, 0.1) is 0 Å². The lowest BCUT2D eigenvalue weighted by Crippen LogP contribution is -2.44. The van der Waals surface area contributed by atoms with Crippen molar-refractivity contribution in [2.24, 2.45) is 0 Å². The number of aromatic nitrogens is 2. The third kappa shape index (κ3) is 3.52. The monoisotopic (exact) mass is 238 g/mol. The molecule has 1 unspecified atom stereocenters. The van der Waals surface area contributed by atoms with Crippen molar-refractivity contribution in [1.29, 1.82) is 0 Å². The van der Waals surface area contributed by atoms with Crippen LogP contribution in [0.4, 0.5) is 0 Å². The van der Waals surface area contributed by atoms with Gasteiger partial charge in [-0.3, -0.25) is 4.90 Å². The average molecular weight is 238 g/mol. The zero-order valence-corrected chi connectivity index (χ0v) is 10.7. The summed E-state index contributed by atoms with van der Waals surface area (Å²) < 4.78 is 7.87. The highest BCUT2D eigenvalue weighted by atomic mass is 16.5. The minimum Gasteiger partial charge on any atom is -0.374 e. The maximum atomic E-state index is 5.69. The molecule has 0 aliphatic carbocycles. The highest BCUT2D eigenvalue weighted by molar-refractivity contribution is 4.92. The Morgan fingerprint density at radius 2 is 2.53 bits per heavy atom. The second-order valence-corrected chi connectivity index (χ2v) is 4.52. The summed E-state index contributed by atoms with van der Waals surface area (Å²) in [7, 11) is 2.12. The van der Waals surface area contributed by atoms with Crippen molar-refractivity contribution in [1.82, 2.24) is 19.8 Å². The molecule has 0 aromatic carbocycles. The van der Waals surface area contributed by atoms with Crippen LogP contribution in [-0.4, -0.2) is 53.8 Å². The molecule has 17 heavy (non-hydrogen) atoms. The Balaban J connectivity index is 1.82. The van der Waals surface area contributed by atoms with Gasteiger partial charge in [-0.15, -0.1) is 0 Å². The summed E-state index contributed by atoms with van der Waals surface area (Å²) in [5, 5.41) is 3.35. The van der Waals surface area contributed by atoms with Gasteiger partial charge in [0.15, 0.2) is 0 Å². The summed E-state index contributed by atoms with van der Waals surface area (Å²) in [5.74, 6) is 1.12. The molecule has 1 atom stereocenters. The van der Waals surface area contributed by atoms with Gasteiger partial charge < -0.3 is 14.6 Å². The number of hydrogen-bond acceptors (Lipinski definition) is 4. The van der Waals surface area contributed by atoms with Crippen LogP contribution in [0.3, 0.4) is 0 Å². The summed E-state index contributed by atoms with van der Waals surface area (Å²) in [6.45, 7) is 7.68. The molecule has 0 radical (unpaired) electrons. The Morgan fingerprint density at radius 3 is 3.24 bits per heavy atom. The predicted molar refractivity (Wildman–Crippen MR) is 66.8 cm³/mol. The molecule has 1 aromatic heterocycles. The van der Waals surface area contributed by atoms with E-state index in [9.17, 15) is 0 Å². The van der Waals surface area contributed by atoms with Crippen molar-refractivity contribution in [2.45, 2.75) is 26.1 Å². The Bertz CT molecular complexity index is 333. The Morgan fingerprint density at radius 1 is 1.65 bits per heavy atom. The number of nitrogens with zero attached hydrogens (tertiary/aromatic N) is 3. The van der Waals surface area contributed by atoms with E-state index in [0.29, 0.717) is 6.10 Å². The summed E-state index contributed by atoms with van der Waals surface area (Å²) in [4.78, 5) is 6.65. The molecule has 2 heterocycles. The number of imidazole rings is 1. The molecule has 96 valence electrons. The van der Waals surface area contributed by atoms with Crippen molar-refractivity contribution in [3.05, 3.63) is 18.2 Å². The first-order valence-electron chi connectivity index (χ1n) is 6.30. The number of aryl methyl sites for hydroxylation is 1. The molecule has 1 aliphatic heterocycles. The molecule has 5 nitrogen and oxygen atoms in total. The minimum atomic E-state index is 0.304. The van der Waals surface area contributed by atoms with Crippen LogP contribution in [0.5, 0.6) is 0 Å². The predicted octanol–water partition coefficient (Wildman–Crippen LogP) is 0.323. The van der Waals surface area contributed by atoms with Gasteiger partial charge in [0.25, 0.3) is 0 Å². The number of ether oxygens (including phenoxy) is 1. The molecule has 2 rings (SSSR count). The topological polar surface area (TPSA) is 42.3 Å². The number of rotatable bonds is 5. The second-order valence-electron chi connectivity index (χ2n) is 4.52. The van der Waals surface area contributed by atoms with E-state index in [1.54, 1.807) is 0 Å². The maximum absolute atomic E-state index is 5.69. The normalized spacial score (nSPS) is 21.0. The van der Waals surface area contributed by atoms with E-state index < -0.39 is 0 Å². The van der Waals surface area contributed by atoms with Crippen molar-refractivity contribution in [3.63, 3.8) is 0 Å². The fourth-order valence-electron chi connectivity index (χ4n) is 2.17. The van der Waals surface area contributed by atoms with Gasteiger partial charge in [-0.2, -0.15) is 0 Å². The van der Waals surface area contributed by atoms with Crippen molar-refractivity contribution < 1.29 is 4.74 Å². The quantitative estimate of drug-likeness (QED) is 0.802. The molecular formula is C12H22N4O. The van der Waals surface area contributed by atoms with Gasteiger partial charge in [0.2, 0.25) is 0 Å². The van der Waals surface area contributed by atoms with Gasteiger partial charge in [0.1, 0.15) is 5.82 Å². The molecule has 1 N–H and O–H groups in total. The third-order valence-electron chi connectivity index (χ3n) is 3.07. The van der Waals surface area contributed by atoms with E-state index in [1.807, 2.05) is 12.4 Å². The van der Waals surface area contributed by atoms with Gasteiger partial charge in [-0.25, -0.2) is 4.98 Å². The molecule has 0 saturated carbocycles. The van der Waals surface area contributed by atoms with E-state index in [1.165, 1.54) is 0 Å². The zero-order chi connectivity index (χ0) is 12.1. The average Bonchev–Trinajstić information content (AvgIpc) is 2.77. The number of hydrogen-bond donors (Lipinski definition) is 1. The Kier molecular flexibility index (Phi) is 4.53. The summed E-state index contributed by atoms with van der Waals surface area (Å²) in [5.41, 5.74) is 0. The van der Waals surface area contributed by atoms with E-state index in [2.05, 4.69) is 33.7 Å². The fourth-order valence-corrected chi connectivity index (χ4v) is 2.17. The van der Waals surface area contributed by atoms with Crippen molar-refractivity contribution in [2.75, 3.05) is 33.3 Å². The van der Waals surface area contributed by atoms with Crippen molar-refractivity contribution in [3.8, 4) is 0 Å². The summed E-state index contributed by atoms with van der Waals surface area (Å²) >= 11 is 0. The molecular weight excluding hydrogens is 216 g/mol. The largest absolute Gasteiger partial charge is 0.374 e. The number of morpholine rings is 1. The van der Waals surface area contributed by atoms with Gasteiger partial charge in [0.05, 0.1) is 19.3 Å². The van der Waals surface area contributed by atoms with Gasteiger partial charge >= 0.3 is 0 Å². The third-order valence-corrected chi connectivity index (χ3v) is 3.07. The maximum Gasteiger partial charge on any atom is 0.122 e. The minimum absolute atomic E-state index is 0.304. The van der Waals surface area contributed by atoms with Crippen LogP contribution in [0.1, 0.15) is 12.7 Å². The highest BCUT2D eigenvalue weighted by Crippen LogP contribution is 2.04. The Hall–Kier alpha value is -0.910. The second kappa shape index (κ2) is 6.14. The van der Waals surface area contributed by atoms with Gasteiger partial charge in [-0.05, 0) is 14.0 Å². The first-order valence-corrected chi connectivity index (χ1v) is 6.30. The smallest absolute Gasteiger partial charge is 0.122 e. The SMILES string of the molecule is CCn1ccnc1CN(C)CC1CNCCO1. The number of likely N-dealkylation sites (N-methyl/N-ethyl adjacent to an activating group) is 1. The van der Waals surface area contributed by atoms with Gasteiger partial charge in [-0.1, -0.05) is 0 Å². The van der Waals surface area contributed by atoms with E-state index in [-0.39, 0.29) is 0 Å². The van der Waals surface area contributed by atoms with Crippen LogP contribution >= 0.6 is 0 Å². The van der Waals surface area contributed by atoms with E-state index in [0.717, 1.165) is 45.2 Å². The first kappa shape index (κ1) is 12.5.